The van der Waals surface area contributed by atoms with E-state index in [9.17, 15) is 0 Å². The molecule has 0 bridgehead atoms. The van der Waals surface area contributed by atoms with Gasteiger partial charge in [-0.15, -0.1) is 12.3 Å². The minimum atomic E-state index is 0.829. The number of terminal acetylenes is 1. The van der Waals surface area contributed by atoms with E-state index in [4.69, 9.17) is 6.42 Å². The Morgan fingerprint density at radius 2 is 2.00 bits per heavy atom. The second-order valence-corrected chi connectivity index (χ2v) is 3.37. The Hall–Kier alpha value is -1.49. The van der Waals surface area contributed by atoms with Crippen molar-refractivity contribution in [3.8, 4) is 12.3 Å². The van der Waals surface area contributed by atoms with Crippen LogP contribution in [0.4, 0.5) is 5.69 Å². The van der Waals surface area contributed by atoms with E-state index in [1.807, 2.05) is 26.0 Å². The molecule has 0 aliphatic carbocycles. The van der Waals surface area contributed by atoms with Crippen molar-refractivity contribution in [1.82, 2.24) is 4.98 Å². The molecule has 1 N–H and O–H groups in total. The van der Waals surface area contributed by atoms with Crippen molar-refractivity contribution < 1.29 is 0 Å². The minimum absolute atomic E-state index is 0.829. The first kappa shape index (κ1) is 10.6. The van der Waals surface area contributed by atoms with Crippen molar-refractivity contribution in [1.29, 1.82) is 0 Å². The summed E-state index contributed by atoms with van der Waals surface area (Å²) in [5.41, 5.74) is 3.22. The maximum Gasteiger partial charge on any atom is 0.0396 e. The SMILES string of the molecule is C#CCCCNc1cc(C)nc(C)c1. The van der Waals surface area contributed by atoms with Gasteiger partial charge in [0.25, 0.3) is 0 Å². The van der Waals surface area contributed by atoms with Crippen LogP contribution in [0.15, 0.2) is 12.1 Å². The highest BCUT2D eigenvalue weighted by Crippen LogP contribution is 2.10. The summed E-state index contributed by atoms with van der Waals surface area (Å²) in [6.45, 7) is 4.92. The molecule has 0 atom stereocenters. The third-order valence-corrected chi connectivity index (χ3v) is 1.91. The fraction of sp³-hybridized carbons (Fsp3) is 0.417. The number of hydrogen-bond donors (Lipinski definition) is 1. The summed E-state index contributed by atoms with van der Waals surface area (Å²) >= 11 is 0. The average molecular weight is 188 g/mol. The van der Waals surface area contributed by atoms with Gasteiger partial charge in [-0.1, -0.05) is 0 Å². The summed E-state index contributed by atoms with van der Waals surface area (Å²) in [6.07, 6.45) is 7.01. The molecule has 2 heteroatoms. The smallest absolute Gasteiger partial charge is 0.0396 e. The first-order valence-electron chi connectivity index (χ1n) is 4.85. The molecule has 2 nitrogen and oxygen atoms in total. The fourth-order valence-corrected chi connectivity index (χ4v) is 1.36. The predicted octanol–water partition coefficient (Wildman–Crippen LogP) is 2.52. The molecular formula is C12H16N2. The van der Waals surface area contributed by atoms with Gasteiger partial charge in [-0.2, -0.15) is 0 Å². The van der Waals surface area contributed by atoms with E-state index in [1.54, 1.807) is 0 Å². The quantitative estimate of drug-likeness (QED) is 0.580. The number of aryl methyl sites for hydroxylation is 2. The summed E-state index contributed by atoms with van der Waals surface area (Å²) in [6, 6.07) is 4.09. The molecule has 14 heavy (non-hydrogen) atoms. The lowest BCUT2D eigenvalue weighted by molar-refractivity contribution is 0.905. The molecule has 1 rings (SSSR count). The Labute approximate surface area is 85.8 Å². The van der Waals surface area contributed by atoms with E-state index in [0.717, 1.165) is 36.5 Å². The number of hydrogen-bond acceptors (Lipinski definition) is 2. The van der Waals surface area contributed by atoms with Gasteiger partial charge in [-0.05, 0) is 32.4 Å². The van der Waals surface area contributed by atoms with Crippen molar-refractivity contribution in [2.45, 2.75) is 26.7 Å². The van der Waals surface area contributed by atoms with Crippen molar-refractivity contribution >= 4 is 5.69 Å². The van der Waals surface area contributed by atoms with E-state index >= 15 is 0 Å². The molecule has 0 aliphatic rings. The number of nitrogens with zero attached hydrogens (tertiary/aromatic N) is 1. The summed E-state index contributed by atoms with van der Waals surface area (Å²) in [7, 11) is 0. The highest BCUT2D eigenvalue weighted by Gasteiger charge is 1.95. The average Bonchev–Trinajstić information content (AvgIpc) is 2.11. The number of unbranched alkanes of at least 4 members (excludes halogenated alkanes) is 1. The molecule has 0 unspecified atom stereocenters. The Balaban J connectivity index is 2.47. The van der Waals surface area contributed by atoms with Crippen LogP contribution in [-0.2, 0) is 0 Å². The molecule has 0 fully saturated rings. The van der Waals surface area contributed by atoms with Gasteiger partial charge in [0.05, 0.1) is 0 Å². The molecule has 1 aromatic heterocycles. The highest BCUT2D eigenvalue weighted by molar-refractivity contribution is 5.44. The molecule has 0 radical (unpaired) electrons. The van der Waals surface area contributed by atoms with E-state index in [-0.39, 0.29) is 0 Å². The molecular weight excluding hydrogens is 172 g/mol. The van der Waals surface area contributed by atoms with Crippen molar-refractivity contribution in [3.05, 3.63) is 23.5 Å². The van der Waals surface area contributed by atoms with Crippen LogP contribution in [0, 0.1) is 26.2 Å². The maximum absolute atomic E-state index is 5.17. The molecule has 1 heterocycles. The lowest BCUT2D eigenvalue weighted by Gasteiger charge is -2.06. The Morgan fingerprint density at radius 1 is 1.36 bits per heavy atom. The van der Waals surface area contributed by atoms with Gasteiger partial charge < -0.3 is 5.32 Å². The first-order valence-corrected chi connectivity index (χ1v) is 4.85. The van der Waals surface area contributed by atoms with Gasteiger partial charge in [0, 0.05) is 30.0 Å². The zero-order chi connectivity index (χ0) is 10.4. The van der Waals surface area contributed by atoms with Crippen LogP contribution >= 0.6 is 0 Å². The largest absolute Gasteiger partial charge is 0.385 e. The van der Waals surface area contributed by atoms with Crippen LogP contribution in [0.25, 0.3) is 0 Å². The lowest BCUT2D eigenvalue weighted by atomic mass is 10.2. The van der Waals surface area contributed by atoms with Gasteiger partial charge in [0.2, 0.25) is 0 Å². The van der Waals surface area contributed by atoms with Crippen LogP contribution in [0.5, 0.6) is 0 Å². The van der Waals surface area contributed by atoms with E-state index in [0.29, 0.717) is 0 Å². The van der Waals surface area contributed by atoms with Crippen LogP contribution < -0.4 is 5.32 Å². The number of pyridine rings is 1. The molecule has 1 aromatic rings. The fourth-order valence-electron chi connectivity index (χ4n) is 1.36. The van der Waals surface area contributed by atoms with Crippen LogP contribution in [-0.4, -0.2) is 11.5 Å². The van der Waals surface area contributed by atoms with E-state index in [1.165, 1.54) is 0 Å². The monoisotopic (exact) mass is 188 g/mol. The highest BCUT2D eigenvalue weighted by atomic mass is 14.9. The molecule has 0 saturated carbocycles. The molecule has 0 spiro atoms. The number of aromatic nitrogens is 1. The maximum atomic E-state index is 5.17. The summed E-state index contributed by atoms with van der Waals surface area (Å²) < 4.78 is 0. The predicted molar refractivity (Wildman–Crippen MR) is 60.3 cm³/mol. The molecule has 0 amide bonds. The van der Waals surface area contributed by atoms with Gasteiger partial charge >= 0.3 is 0 Å². The van der Waals surface area contributed by atoms with Crippen LogP contribution in [0.1, 0.15) is 24.2 Å². The van der Waals surface area contributed by atoms with Crippen LogP contribution in [0.3, 0.4) is 0 Å². The molecule has 0 aromatic carbocycles. The Morgan fingerprint density at radius 3 is 2.57 bits per heavy atom. The summed E-state index contributed by atoms with van der Waals surface area (Å²) in [5.74, 6) is 2.62. The van der Waals surface area contributed by atoms with Gasteiger partial charge in [0.1, 0.15) is 0 Å². The Kier molecular flexibility index (Phi) is 4.00. The summed E-state index contributed by atoms with van der Waals surface area (Å²) in [4.78, 5) is 4.31. The lowest BCUT2D eigenvalue weighted by Crippen LogP contribution is -2.02. The van der Waals surface area contributed by atoms with Crippen molar-refractivity contribution in [3.63, 3.8) is 0 Å². The van der Waals surface area contributed by atoms with Crippen LogP contribution in [0.2, 0.25) is 0 Å². The number of anilines is 1. The third-order valence-electron chi connectivity index (χ3n) is 1.91. The topological polar surface area (TPSA) is 24.9 Å². The summed E-state index contributed by atoms with van der Waals surface area (Å²) in [5, 5.41) is 3.33. The third kappa shape index (κ3) is 3.49. The number of rotatable bonds is 4. The number of nitrogens with one attached hydrogen (secondary N) is 1. The van der Waals surface area contributed by atoms with Gasteiger partial charge in [0.15, 0.2) is 0 Å². The van der Waals surface area contributed by atoms with E-state index < -0.39 is 0 Å². The zero-order valence-corrected chi connectivity index (χ0v) is 8.80. The molecule has 0 saturated heterocycles. The van der Waals surface area contributed by atoms with Gasteiger partial charge in [-0.3, -0.25) is 4.98 Å². The standard InChI is InChI=1S/C12H16N2/c1-4-5-6-7-13-12-8-10(2)14-11(3)9-12/h1,8-9H,5-7H2,2-3H3,(H,13,14). The zero-order valence-electron chi connectivity index (χ0n) is 8.80. The second kappa shape index (κ2) is 5.29. The van der Waals surface area contributed by atoms with Crippen molar-refractivity contribution in [2.75, 3.05) is 11.9 Å². The normalized spacial score (nSPS) is 9.50. The minimum Gasteiger partial charge on any atom is -0.385 e. The second-order valence-electron chi connectivity index (χ2n) is 3.37. The van der Waals surface area contributed by atoms with E-state index in [2.05, 4.69) is 16.2 Å². The van der Waals surface area contributed by atoms with Gasteiger partial charge in [-0.25, -0.2) is 0 Å². The first-order chi connectivity index (χ1) is 6.72. The Bertz CT molecular complexity index is 316. The van der Waals surface area contributed by atoms with Crippen molar-refractivity contribution in [2.24, 2.45) is 0 Å². The molecule has 74 valence electrons. The molecule has 0 aliphatic heterocycles.